The molecule has 2 aromatic heterocycles. The second-order valence-corrected chi connectivity index (χ2v) is 6.32. The lowest BCUT2D eigenvalue weighted by atomic mass is 10.0. The molecule has 0 aromatic carbocycles. The van der Waals surface area contributed by atoms with E-state index in [9.17, 15) is 9.59 Å². The van der Waals surface area contributed by atoms with Gasteiger partial charge in [-0.05, 0) is 19.8 Å². The maximum Gasteiger partial charge on any atom is 0.356 e. The van der Waals surface area contributed by atoms with E-state index >= 15 is 0 Å². The van der Waals surface area contributed by atoms with Gasteiger partial charge in [0, 0.05) is 23.9 Å². The molecule has 0 bridgehead atoms. The zero-order chi connectivity index (χ0) is 15.7. The van der Waals surface area contributed by atoms with E-state index < -0.39 is 5.97 Å². The van der Waals surface area contributed by atoms with Crippen molar-refractivity contribution < 1.29 is 14.7 Å². The van der Waals surface area contributed by atoms with Gasteiger partial charge in [-0.3, -0.25) is 9.89 Å². The summed E-state index contributed by atoms with van der Waals surface area (Å²) in [6.45, 7) is 2.87. The zero-order valence-electron chi connectivity index (χ0n) is 12.1. The lowest BCUT2D eigenvalue weighted by molar-refractivity contribution is -0.132. The highest BCUT2D eigenvalue weighted by Gasteiger charge is 2.27. The number of carbonyl (C=O) groups is 2. The predicted molar refractivity (Wildman–Crippen MR) is 79.8 cm³/mol. The predicted octanol–water partition coefficient (Wildman–Crippen LogP) is 1.39. The third kappa shape index (κ3) is 2.87. The van der Waals surface area contributed by atoms with Crippen molar-refractivity contribution >= 4 is 23.2 Å². The standard InChI is InChI=1S/C14H16N4O3S/c1-8-15-9(7-22-8)2-3-12(19)18-5-4-10-11(6-18)16-17-13(10)14(20)21/h7H,2-6H2,1H3,(H,16,17)(H,20,21). The normalized spacial score (nSPS) is 14.0. The Hall–Kier alpha value is -2.22. The molecule has 0 saturated carbocycles. The second kappa shape index (κ2) is 5.88. The van der Waals surface area contributed by atoms with Crippen LogP contribution < -0.4 is 0 Å². The van der Waals surface area contributed by atoms with Crippen LogP contribution in [0.4, 0.5) is 0 Å². The van der Waals surface area contributed by atoms with E-state index in [0.29, 0.717) is 37.9 Å². The molecule has 1 aliphatic rings. The SMILES string of the molecule is Cc1nc(CCC(=O)N2CCc3c(C(=O)O)n[nH]c3C2)cs1. The molecule has 2 N–H and O–H groups in total. The van der Waals surface area contributed by atoms with Gasteiger partial charge in [-0.15, -0.1) is 11.3 Å². The average molecular weight is 320 g/mol. The quantitative estimate of drug-likeness (QED) is 0.887. The monoisotopic (exact) mass is 320 g/mol. The Labute approximate surface area is 131 Å². The fourth-order valence-corrected chi connectivity index (χ4v) is 3.27. The summed E-state index contributed by atoms with van der Waals surface area (Å²) in [4.78, 5) is 29.4. The van der Waals surface area contributed by atoms with Crippen molar-refractivity contribution in [3.63, 3.8) is 0 Å². The summed E-state index contributed by atoms with van der Waals surface area (Å²) in [6.07, 6.45) is 1.57. The van der Waals surface area contributed by atoms with Crippen molar-refractivity contribution in [2.45, 2.75) is 32.7 Å². The lowest BCUT2D eigenvalue weighted by Gasteiger charge is -2.26. The first kappa shape index (κ1) is 14.7. The molecule has 8 heteroatoms. The number of hydrogen-bond donors (Lipinski definition) is 2. The van der Waals surface area contributed by atoms with Gasteiger partial charge in [-0.2, -0.15) is 5.10 Å². The molecule has 0 saturated heterocycles. The number of aromatic amines is 1. The molecule has 3 heterocycles. The van der Waals surface area contributed by atoms with Crippen molar-refractivity contribution in [1.29, 1.82) is 0 Å². The van der Waals surface area contributed by atoms with E-state index in [4.69, 9.17) is 5.11 Å². The smallest absolute Gasteiger partial charge is 0.356 e. The number of H-pyrrole nitrogens is 1. The largest absolute Gasteiger partial charge is 0.476 e. The average Bonchev–Trinajstić information content (AvgIpc) is 3.09. The number of rotatable bonds is 4. The van der Waals surface area contributed by atoms with E-state index in [1.807, 2.05) is 12.3 Å². The summed E-state index contributed by atoms with van der Waals surface area (Å²) < 4.78 is 0. The highest BCUT2D eigenvalue weighted by atomic mass is 32.1. The van der Waals surface area contributed by atoms with Crippen LogP contribution in [0.25, 0.3) is 0 Å². The molecule has 1 amide bonds. The summed E-state index contributed by atoms with van der Waals surface area (Å²) in [6, 6.07) is 0. The van der Waals surface area contributed by atoms with Crippen LogP contribution >= 0.6 is 11.3 Å². The molecule has 0 fully saturated rings. The van der Waals surface area contributed by atoms with Gasteiger partial charge >= 0.3 is 5.97 Å². The Morgan fingerprint density at radius 1 is 1.50 bits per heavy atom. The first-order valence-corrected chi connectivity index (χ1v) is 7.90. The summed E-state index contributed by atoms with van der Waals surface area (Å²) in [7, 11) is 0. The molecule has 116 valence electrons. The molecule has 2 aromatic rings. The van der Waals surface area contributed by atoms with Crippen LogP contribution in [0.15, 0.2) is 5.38 Å². The number of fused-ring (bicyclic) bond motifs is 1. The van der Waals surface area contributed by atoms with Gasteiger partial charge in [0.1, 0.15) is 0 Å². The molecule has 0 atom stereocenters. The maximum absolute atomic E-state index is 12.3. The molecule has 0 radical (unpaired) electrons. The van der Waals surface area contributed by atoms with Gasteiger partial charge < -0.3 is 10.0 Å². The maximum atomic E-state index is 12.3. The van der Waals surface area contributed by atoms with Crippen LogP contribution in [-0.4, -0.2) is 43.6 Å². The second-order valence-electron chi connectivity index (χ2n) is 5.26. The number of aromatic carboxylic acids is 1. The highest BCUT2D eigenvalue weighted by molar-refractivity contribution is 7.09. The number of nitrogens with zero attached hydrogens (tertiary/aromatic N) is 3. The number of amides is 1. The Bertz CT molecular complexity index is 721. The fourth-order valence-electron chi connectivity index (χ4n) is 2.62. The number of carbonyl (C=O) groups excluding carboxylic acids is 1. The number of carboxylic acids is 1. The number of aryl methyl sites for hydroxylation is 2. The van der Waals surface area contributed by atoms with Gasteiger partial charge in [0.25, 0.3) is 0 Å². The van der Waals surface area contributed by atoms with E-state index in [-0.39, 0.29) is 11.6 Å². The first-order chi connectivity index (χ1) is 10.5. The Kier molecular flexibility index (Phi) is 3.93. The van der Waals surface area contributed by atoms with Gasteiger partial charge in [0.05, 0.1) is 22.9 Å². The minimum absolute atomic E-state index is 0.0581. The van der Waals surface area contributed by atoms with Crippen molar-refractivity contribution in [2.75, 3.05) is 6.54 Å². The van der Waals surface area contributed by atoms with Crippen LogP contribution in [0, 0.1) is 6.92 Å². The van der Waals surface area contributed by atoms with Gasteiger partial charge in [0.15, 0.2) is 5.69 Å². The first-order valence-electron chi connectivity index (χ1n) is 7.03. The number of nitrogens with one attached hydrogen (secondary N) is 1. The summed E-state index contributed by atoms with van der Waals surface area (Å²) in [5, 5.41) is 18.6. The van der Waals surface area contributed by atoms with Crippen LogP contribution in [0.3, 0.4) is 0 Å². The molecule has 22 heavy (non-hydrogen) atoms. The van der Waals surface area contributed by atoms with Crippen LogP contribution in [0.5, 0.6) is 0 Å². The summed E-state index contributed by atoms with van der Waals surface area (Å²) >= 11 is 1.58. The third-order valence-corrected chi connectivity index (χ3v) is 4.57. The molecule has 7 nitrogen and oxygen atoms in total. The molecule has 0 aliphatic carbocycles. The Balaban J connectivity index is 1.61. The zero-order valence-corrected chi connectivity index (χ0v) is 12.9. The lowest BCUT2D eigenvalue weighted by Crippen LogP contribution is -2.36. The minimum Gasteiger partial charge on any atom is -0.476 e. The van der Waals surface area contributed by atoms with E-state index in [1.165, 1.54) is 0 Å². The van der Waals surface area contributed by atoms with E-state index in [1.54, 1.807) is 16.2 Å². The van der Waals surface area contributed by atoms with Crippen molar-refractivity contribution in [2.24, 2.45) is 0 Å². The summed E-state index contributed by atoms with van der Waals surface area (Å²) in [5.41, 5.74) is 2.46. The number of hydrogen-bond acceptors (Lipinski definition) is 5. The molecule has 1 aliphatic heterocycles. The number of carboxylic acid groups (broad SMARTS) is 1. The minimum atomic E-state index is -1.03. The Morgan fingerprint density at radius 3 is 3.00 bits per heavy atom. The number of aromatic nitrogens is 3. The summed E-state index contributed by atoms with van der Waals surface area (Å²) in [5.74, 6) is -0.973. The van der Waals surface area contributed by atoms with Gasteiger partial charge in [0.2, 0.25) is 5.91 Å². The topological polar surface area (TPSA) is 99.2 Å². The van der Waals surface area contributed by atoms with Crippen molar-refractivity contribution in [1.82, 2.24) is 20.1 Å². The number of thiazole rings is 1. The van der Waals surface area contributed by atoms with Crippen LogP contribution in [-0.2, 0) is 24.2 Å². The molecular weight excluding hydrogens is 304 g/mol. The Morgan fingerprint density at radius 2 is 2.32 bits per heavy atom. The van der Waals surface area contributed by atoms with Crippen LogP contribution in [0.2, 0.25) is 0 Å². The fraction of sp³-hybridized carbons (Fsp3) is 0.429. The van der Waals surface area contributed by atoms with Crippen molar-refractivity contribution in [3.8, 4) is 0 Å². The van der Waals surface area contributed by atoms with Crippen molar-refractivity contribution in [3.05, 3.63) is 33.0 Å². The molecule has 0 unspecified atom stereocenters. The van der Waals surface area contributed by atoms with Gasteiger partial charge in [-0.1, -0.05) is 0 Å². The third-order valence-electron chi connectivity index (χ3n) is 3.75. The van der Waals surface area contributed by atoms with Crippen LogP contribution in [0.1, 0.15) is 38.9 Å². The van der Waals surface area contributed by atoms with E-state index in [0.717, 1.165) is 16.4 Å². The highest BCUT2D eigenvalue weighted by Crippen LogP contribution is 2.21. The molecule has 0 spiro atoms. The molecule has 3 rings (SSSR count). The van der Waals surface area contributed by atoms with E-state index in [2.05, 4.69) is 15.2 Å². The molecular formula is C14H16N4O3S. The van der Waals surface area contributed by atoms with Gasteiger partial charge in [-0.25, -0.2) is 9.78 Å².